The van der Waals surface area contributed by atoms with Crippen LogP contribution in [0.5, 0.6) is 5.75 Å². The van der Waals surface area contributed by atoms with Crippen LogP contribution in [0.25, 0.3) is 11.3 Å². The van der Waals surface area contributed by atoms with Crippen molar-refractivity contribution in [3.05, 3.63) is 30.0 Å². The lowest BCUT2D eigenvalue weighted by molar-refractivity contribution is 0.412. The van der Waals surface area contributed by atoms with Crippen LogP contribution in [0.4, 0.5) is 5.95 Å². The van der Waals surface area contributed by atoms with Gasteiger partial charge in [-0.2, -0.15) is 0 Å². The Morgan fingerprint density at radius 3 is 2.80 bits per heavy atom. The lowest BCUT2D eigenvalue weighted by Gasteiger charge is -2.08. The lowest BCUT2D eigenvalue weighted by atomic mass is 10.1. The summed E-state index contributed by atoms with van der Waals surface area (Å²) in [6.07, 6.45) is 1.72. The molecule has 0 saturated carbocycles. The van der Waals surface area contributed by atoms with E-state index < -0.39 is 0 Å². The normalized spacial score (nSPS) is 10.3. The molecule has 0 aliphatic carbocycles. The molecule has 0 atom stereocenters. The zero-order chi connectivity index (χ0) is 10.8. The van der Waals surface area contributed by atoms with Gasteiger partial charge in [-0.1, -0.05) is 12.1 Å². The number of imidazole rings is 1. The Kier molecular flexibility index (Phi) is 2.33. The summed E-state index contributed by atoms with van der Waals surface area (Å²) in [6.45, 7) is 2.01. The Balaban J connectivity index is 2.53. The van der Waals surface area contributed by atoms with Gasteiger partial charge in [0, 0.05) is 11.1 Å². The third-order valence-corrected chi connectivity index (χ3v) is 2.39. The third kappa shape index (κ3) is 1.66. The minimum absolute atomic E-state index is 0.423. The molecule has 0 spiro atoms. The molecule has 1 aromatic heterocycles. The number of nitrogen functional groups attached to an aromatic ring is 1. The molecule has 15 heavy (non-hydrogen) atoms. The monoisotopic (exact) mass is 203 g/mol. The van der Waals surface area contributed by atoms with Crippen molar-refractivity contribution in [3.8, 4) is 17.0 Å². The highest BCUT2D eigenvalue weighted by Crippen LogP contribution is 2.28. The van der Waals surface area contributed by atoms with Crippen molar-refractivity contribution in [3.63, 3.8) is 0 Å². The molecular formula is C11H13N3O. The SMILES string of the molecule is COc1cccc(-c2cnc(N)[nH]2)c1C. The average Bonchev–Trinajstić information content (AvgIpc) is 2.65. The number of aromatic nitrogens is 2. The Morgan fingerprint density at radius 2 is 2.20 bits per heavy atom. The maximum absolute atomic E-state index is 5.54. The topological polar surface area (TPSA) is 63.9 Å². The van der Waals surface area contributed by atoms with E-state index >= 15 is 0 Å². The van der Waals surface area contributed by atoms with Crippen LogP contribution >= 0.6 is 0 Å². The molecule has 2 rings (SSSR count). The summed E-state index contributed by atoms with van der Waals surface area (Å²) in [6, 6.07) is 5.88. The molecule has 1 aromatic carbocycles. The zero-order valence-electron chi connectivity index (χ0n) is 8.74. The maximum Gasteiger partial charge on any atom is 0.197 e. The molecule has 1 heterocycles. The standard InChI is InChI=1S/C11H13N3O/c1-7-8(4-3-5-10(7)15-2)9-6-13-11(12)14-9/h3-6H,1-2H3,(H3,12,13,14). The molecule has 4 nitrogen and oxygen atoms in total. The first-order chi connectivity index (χ1) is 7.22. The van der Waals surface area contributed by atoms with Crippen molar-refractivity contribution in [2.24, 2.45) is 0 Å². The third-order valence-electron chi connectivity index (χ3n) is 2.39. The first-order valence-corrected chi connectivity index (χ1v) is 4.67. The fourth-order valence-corrected chi connectivity index (χ4v) is 1.60. The van der Waals surface area contributed by atoms with Gasteiger partial charge in [-0.25, -0.2) is 4.98 Å². The van der Waals surface area contributed by atoms with Crippen molar-refractivity contribution in [2.45, 2.75) is 6.92 Å². The zero-order valence-corrected chi connectivity index (χ0v) is 8.74. The van der Waals surface area contributed by atoms with Gasteiger partial charge in [0.05, 0.1) is 19.0 Å². The minimum atomic E-state index is 0.423. The molecule has 78 valence electrons. The van der Waals surface area contributed by atoms with Crippen molar-refractivity contribution in [2.75, 3.05) is 12.8 Å². The number of hydrogen-bond acceptors (Lipinski definition) is 3. The van der Waals surface area contributed by atoms with E-state index in [-0.39, 0.29) is 0 Å². The summed E-state index contributed by atoms with van der Waals surface area (Å²) in [4.78, 5) is 6.97. The van der Waals surface area contributed by atoms with Crippen LogP contribution in [0.2, 0.25) is 0 Å². The summed E-state index contributed by atoms with van der Waals surface area (Å²) in [5.74, 6) is 1.29. The number of rotatable bonds is 2. The molecule has 3 N–H and O–H groups in total. The second-order valence-corrected chi connectivity index (χ2v) is 3.31. The highest BCUT2D eigenvalue weighted by molar-refractivity contribution is 5.67. The summed E-state index contributed by atoms with van der Waals surface area (Å²) in [7, 11) is 1.66. The van der Waals surface area contributed by atoms with Gasteiger partial charge in [-0.3, -0.25) is 0 Å². The summed E-state index contributed by atoms with van der Waals surface area (Å²) in [5, 5.41) is 0. The number of nitrogens with zero attached hydrogens (tertiary/aromatic N) is 1. The first kappa shape index (κ1) is 9.58. The largest absolute Gasteiger partial charge is 0.496 e. The van der Waals surface area contributed by atoms with Crippen molar-refractivity contribution < 1.29 is 4.74 Å². The fourth-order valence-electron chi connectivity index (χ4n) is 1.60. The van der Waals surface area contributed by atoms with Crippen molar-refractivity contribution in [1.29, 1.82) is 0 Å². The van der Waals surface area contributed by atoms with Gasteiger partial charge in [0.1, 0.15) is 5.75 Å². The first-order valence-electron chi connectivity index (χ1n) is 4.67. The second kappa shape index (κ2) is 3.65. The van der Waals surface area contributed by atoms with Crippen LogP contribution in [-0.2, 0) is 0 Å². The van der Waals surface area contributed by atoms with Gasteiger partial charge in [-0.05, 0) is 13.0 Å². The molecule has 0 unspecified atom stereocenters. The van der Waals surface area contributed by atoms with Crippen LogP contribution in [0, 0.1) is 6.92 Å². The van der Waals surface area contributed by atoms with Crippen LogP contribution in [0.15, 0.2) is 24.4 Å². The van der Waals surface area contributed by atoms with Gasteiger partial charge in [-0.15, -0.1) is 0 Å². The second-order valence-electron chi connectivity index (χ2n) is 3.31. The number of aromatic amines is 1. The van der Waals surface area contributed by atoms with E-state index in [0.29, 0.717) is 5.95 Å². The number of nitrogens with two attached hydrogens (primary N) is 1. The molecule has 0 bridgehead atoms. The Bertz CT molecular complexity index is 476. The van der Waals surface area contributed by atoms with Gasteiger partial charge in [0.2, 0.25) is 0 Å². The fraction of sp³-hybridized carbons (Fsp3) is 0.182. The number of anilines is 1. The lowest BCUT2D eigenvalue weighted by Crippen LogP contribution is -1.90. The molecule has 0 fully saturated rings. The molecule has 0 radical (unpaired) electrons. The quantitative estimate of drug-likeness (QED) is 0.784. The predicted octanol–water partition coefficient (Wildman–Crippen LogP) is 1.98. The number of H-pyrrole nitrogens is 1. The van der Waals surface area contributed by atoms with Crippen molar-refractivity contribution in [1.82, 2.24) is 9.97 Å². The molecule has 0 amide bonds. The van der Waals surface area contributed by atoms with Crippen LogP contribution in [0.3, 0.4) is 0 Å². The minimum Gasteiger partial charge on any atom is -0.496 e. The number of nitrogens with one attached hydrogen (secondary N) is 1. The van der Waals surface area contributed by atoms with Gasteiger partial charge < -0.3 is 15.5 Å². The number of hydrogen-bond donors (Lipinski definition) is 2. The van der Waals surface area contributed by atoms with E-state index in [2.05, 4.69) is 9.97 Å². The van der Waals surface area contributed by atoms with E-state index in [4.69, 9.17) is 10.5 Å². The highest BCUT2D eigenvalue weighted by Gasteiger charge is 2.07. The van der Waals surface area contributed by atoms with Gasteiger partial charge in [0.25, 0.3) is 0 Å². The van der Waals surface area contributed by atoms with Gasteiger partial charge >= 0.3 is 0 Å². The number of methoxy groups -OCH3 is 1. The van der Waals surface area contributed by atoms with Crippen molar-refractivity contribution >= 4 is 5.95 Å². The van der Waals surface area contributed by atoms with Crippen LogP contribution in [-0.4, -0.2) is 17.1 Å². The van der Waals surface area contributed by atoms with Crippen LogP contribution in [0.1, 0.15) is 5.56 Å². The molecule has 0 aliphatic heterocycles. The van der Waals surface area contributed by atoms with E-state index in [9.17, 15) is 0 Å². The van der Waals surface area contributed by atoms with Gasteiger partial charge in [0.15, 0.2) is 5.95 Å². The average molecular weight is 203 g/mol. The predicted molar refractivity (Wildman–Crippen MR) is 59.7 cm³/mol. The maximum atomic E-state index is 5.54. The highest BCUT2D eigenvalue weighted by atomic mass is 16.5. The molecule has 0 aliphatic rings. The number of benzene rings is 1. The summed E-state index contributed by atoms with van der Waals surface area (Å²) >= 11 is 0. The number of ether oxygens (including phenoxy) is 1. The molecule has 2 aromatic rings. The molecule has 4 heteroatoms. The van der Waals surface area contributed by atoms with E-state index in [1.807, 2.05) is 25.1 Å². The summed E-state index contributed by atoms with van der Waals surface area (Å²) in [5.41, 5.74) is 8.57. The Labute approximate surface area is 88.1 Å². The molecular weight excluding hydrogens is 190 g/mol. The molecule has 0 saturated heterocycles. The Morgan fingerprint density at radius 1 is 1.40 bits per heavy atom. The Hall–Kier alpha value is -1.97. The smallest absolute Gasteiger partial charge is 0.197 e. The van der Waals surface area contributed by atoms with E-state index in [1.54, 1.807) is 13.3 Å². The van der Waals surface area contributed by atoms with E-state index in [1.165, 1.54) is 0 Å². The van der Waals surface area contributed by atoms with Crippen LogP contribution < -0.4 is 10.5 Å². The summed E-state index contributed by atoms with van der Waals surface area (Å²) < 4.78 is 5.25. The van der Waals surface area contributed by atoms with E-state index in [0.717, 1.165) is 22.6 Å².